The molecule has 7 nitrogen and oxygen atoms in total. The first-order chi connectivity index (χ1) is 10.8. The van der Waals surface area contributed by atoms with E-state index in [9.17, 15) is 14.4 Å². The minimum atomic E-state index is -1.70. The molecule has 0 bridgehead atoms. The normalized spacial score (nSPS) is 13.3. The second-order valence-electron chi connectivity index (χ2n) is 5.62. The summed E-state index contributed by atoms with van der Waals surface area (Å²) in [5.74, 6) is -1.45. The van der Waals surface area contributed by atoms with Crippen LogP contribution >= 0.6 is 34.8 Å². The average molecular weight is 405 g/mol. The molecule has 0 rings (SSSR count). The van der Waals surface area contributed by atoms with Crippen LogP contribution in [-0.2, 0) is 23.8 Å². The molecule has 1 amide bonds. The van der Waals surface area contributed by atoms with Crippen molar-refractivity contribution in [2.75, 3.05) is 13.2 Å². The monoisotopic (exact) mass is 403 g/mol. The molecule has 0 radical (unpaired) electrons. The Bertz CT molecular complexity index is 482. The highest BCUT2D eigenvalue weighted by molar-refractivity contribution is 6.67. The Balaban J connectivity index is 4.10. The minimum absolute atomic E-state index is 0.192. The van der Waals surface area contributed by atoms with Gasteiger partial charge in [-0.05, 0) is 33.8 Å². The summed E-state index contributed by atoms with van der Waals surface area (Å²) in [5, 5.41) is 2.33. The van der Waals surface area contributed by atoms with Gasteiger partial charge in [0.1, 0.15) is 24.9 Å². The van der Waals surface area contributed by atoms with Crippen LogP contribution in [0.25, 0.3) is 0 Å². The Hall–Kier alpha value is -1.18. The van der Waals surface area contributed by atoms with E-state index in [1.165, 1.54) is 13.0 Å². The molecule has 0 aliphatic heterocycles. The molecule has 138 valence electrons. The Morgan fingerprint density at radius 2 is 1.71 bits per heavy atom. The minimum Gasteiger partial charge on any atom is -0.460 e. The predicted octanol–water partition coefficient (Wildman–Crippen LogP) is 2.91. The summed E-state index contributed by atoms with van der Waals surface area (Å²) in [6.07, 6.45) is 1.53. The highest BCUT2D eigenvalue weighted by atomic mass is 35.6. The molecule has 0 unspecified atom stereocenters. The Labute approximate surface area is 155 Å². The molecular formula is C14H20Cl3NO6. The van der Waals surface area contributed by atoms with Crippen LogP contribution in [0.5, 0.6) is 0 Å². The summed E-state index contributed by atoms with van der Waals surface area (Å²) < 4.78 is 12.8. The zero-order chi connectivity index (χ0) is 19.0. The molecule has 0 heterocycles. The van der Waals surface area contributed by atoms with Crippen molar-refractivity contribution in [3.05, 3.63) is 12.2 Å². The zero-order valence-corrected chi connectivity index (χ0v) is 16.0. The number of alkyl halides is 3. The largest absolute Gasteiger partial charge is 0.460 e. The Morgan fingerprint density at radius 1 is 1.12 bits per heavy atom. The van der Waals surface area contributed by atoms with Crippen molar-refractivity contribution in [2.24, 2.45) is 0 Å². The lowest BCUT2D eigenvalue weighted by atomic mass is 10.2. The number of carbonyl (C=O) groups excluding carboxylic acids is 3. The SMILES string of the molecule is C[C@H](NC(=O)OC(C)(C)C)C(=O)OC/C=C/C(=O)OCC(Cl)(Cl)Cl. The fourth-order valence-electron chi connectivity index (χ4n) is 1.14. The standard InChI is InChI=1S/C14H20Cl3NO6/c1-9(18-12(21)24-13(2,3)4)11(20)22-7-5-6-10(19)23-8-14(15,16)17/h5-6,9H,7-8H2,1-4H3,(H,18,21)/b6-5+/t9-/m0/s1. The molecule has 0 aromatic rings. The van der Waals surface area contributed by atoms with Gasteiger partial charge in [0.25, 0.3) is 0 Å². The van der Waals surface area contributed by atoms with E-state index >= 15 is 0 Å². The van der Waals surface area contributed by atoms with Crippen molar-refractivity contribution < 1.29 is 28.6 Å². The van der Waals surface area contributed by atoms with Gasteiger partial charge < -0.3 is 19.5 Å². The Morgan fingerprint density at radius 3 is 2.21 bits per heavy atom. The van der Waals surface area contributed by atoms with Gasteiger partial charge in [-0.1, -0.05) is 34.8 Å². The van der Waals surface area contributed by atoms with Gasteiger partial charge >= 0.3 is 18.0 Å². The van der Waals surface area contributed by atoms with E-state index in [1.54, 1.807) is 20.8 Å². The molecular weight excluding hydrogens is 385 g/mol. The highest BCUT2D eigenvalue weighted by Gasteiger charge is 2.22. The molecule has 0 aliphatic carbocycles. The lowest BCUT2D eigenvalue weighted by Crippen LogP contribution is -2.42. The average Bonchev–Trinajstić information content (AvgIpc) is 2.37. The second kappa shape index (κ2) is 9.96. The summed E-state index contributed by atoms with van der Waals surface area (Å²) in [5.41, 5.74) is -0.677. The van der Waals surface area contributed by atoms with Crippen molar-refractivity contribution in [1.82, 2.24) is 5.32 Å². The first kappa shape index (κ1) is 22.8. The quantitative estimate of drug-likeness (QED) is 0.317. The molecule has 0 spiro atoms. The van der Waals surface area contributed by atoms with Gasteiger partial charge in [-0.25, -0.2) is 14.4 Å². The van der Waals surface area contributed by atoms with E-state index in [2.05, 4.69) is 10.1 Å². The molecule has 0 aliphatic rings. The molecule has 0 aromatic heterocycles. The van der Waals surface area contributed by atoms with Gasteiger partial charge in [-0.2, -0.15) is 0 Å². The van der Waals surface area contributed by atoms with E-state index in [-0.39, 0.29) is 6.61 Å². The Kier molecular flexibility index (Phi) is 9.47. The van der Waals surface area contributed by atoms with Crippen molar-refractivity contribution in [3.8, 4) is 0 Å². The van der Waals surface area contributed by atoms with Crippen LogP contribution in [0, 0.1) is 0 Å². The zero-order valence-electron chi connectivity index (χ0n) is 13.7. The van der Waals surface area contributed by atoms with Crippen molar-refractivity contribution >= 4 is 52.8 Å². The van der Waals surface area contributed by atoms with Gasteiger partial charge in [-0.3, -0.25) is 0 Å². The van der Waals surface area contributed by atoms with E-state index in [0.717, 1.165) is 6.08 Å². The molecule has 24 heavy (non-hydrogen) atoms. The summed E-state index contributed by atoms with van der Waals surface area (Å²) in [6.45, 7) is 5.93. The van der Waals surface area contributed by atoms with Gasteiger partial charge in [0.15, 0.2) is 0 Å². The third-order valence-electron chi connectivity index (χ3n) is 2.04. The molecule has 0 aromatic carbocycles. The van der Waals surface area contributed by atoms with Crippen LogP contribution < -0.4 is 5.32 Å². The van der Waals surface area contributed by atoms with Crippen LogP contribution in [0.3, 0.4) is 0 Å². The van der Waals surface area contributed by atoms with E-state index in [1.807, 2.05) is 0 Å². The number of hydrogen-bond acceptors (Lipinski definition) is 6. The number of alkyl carbamates (subject to hydrolysis) is 1. The van der Waals surface area contributed by atoms with Gasteiger partial charge in [0, 0.05) is 6.08 Å². The third kappa shape index (κ3) is 13.3. The van der Waals surface area contributed by atoms with Crippen molar-refractivity contribution in [3.63, 3.8) is 0 Å². The number of nitrogens with one attached hydrogen (secondary N) is 1. The molecule has 0 saturated carbocycles. The van der Waals surface area contributed by atoms with Gasteiger partial charge in [0.05, 0.1) is 0 Å². The lowest BCUT2D eigenvalue weighted by molar-refractivity contribution is -0.144. The van der Waals surface area contributed by atoms with Gasteiger partial charge in [0.2, 0.25) is 3.79 Å². The maximum atomic E-state index is 11.7. The molecule has 10 heteroatoms. The fourth-order valence-corrected chi connectivity index (χ4v) is 1.31. The van der Waals surface area contributed by atoms with Crippen molar-refractivity contribution in [1.29, 1.82) is 0 Å². The molecule has 1 atom stereocenters. The van der Waals surface area contributed by atoms with E-state index < -0.39 is 40.1 Å². The number of amides is 1. The first-order valence-corrected chi connectivity index (χ1v) is 8.00. The lowest BCUT2D eigenvalue weighted by Gasteiger charge is -2.21. The fraction of sp³-hybridized carbons (Fsp3) is 0.643. The van der Waals surface area contributed by atoms with Crippen LogP contribution in [-0.4, -0.2) is 46.7 Å². The number of carbonyl (C=O) groups is 3. The highest BCUT2D eigenvalue weighted by Crippen LogP contribution is 2.25. The maximum absolute atomic E-state index is 11.7. The predicted molar refractivity (Wildman–Crippen MR) is 90.2 cm³/mol. The molecule has 1 N–H and O–H groups in total. The smallest absolute Gasteiger partial charge is 0.408 e. The van der Waals surface area contributed by atoms with Crippen LogP contribution in [0.1, 0.15) is 27.7 Å². The summed E-state index contributed by atoms with van der Waals surface area (Å²) in [7, 11) is 0. The summed E-state index contributed by atoms with van der Waals surface area (Å²) in [6, 6.07) is -0.912. The van der Waals surface area contributed by atoms with E-state index in [0.29, 0.717) is 0 Å². The second-order valence-corrected chi connectivity index (χ2v) is 8.14. The molecule has 0 saturated heterocycles. The number of rotatable bonds is 6. The topological polar surface area (TPSA) is 90.9 Å². The number of halogens is 3. The number of ether oxygens (including phenoxy) is 3. The number of esters is 2. The van der Waals surface area contributed by atoms with Crippen LogP contribution in [0.2, 0.25) is 0 Å². The van der Waals surface area contributed by atoms with Crippen LogP contribution in [0.15, 0.2) is 12.2 Å². The van der Waals surface area contributed by atoms with E-state index in [4.69, 9.17) is 44.3 Å². The van der Waals surface area contributed by atoms with Crippen molar-refractivity contribution in [2.45, 2.75) is 43.1 Å². The van der Waals surface area contributed by atoms with Crippen LogP contribution in [0.4, 0.5) is 4.79 Å². The third-order valence-corrected chi connectivity index (χ3v) is 2.37. The summed E-state index contributed by atoms with van der Waals surface area (Å²) in [4.78, 5) is 34.4. The number of hydrogen-bond donors (Lipinski definition) is 1. The maximum Gasteiger partial charge on any atom is 0.408 e. The first-order valence-electron chi connectivity index (χ1n) is 6.86. The molecule has 0 fully saturated rings. The van der Waals surface area contributed by atoms with Gasteiger partial charge in [-0.15, -0.1) is 0 Å². The summed E-state index contributed by atoms with van der Waals surface area (Å²) >= 11 is 16.2.